The highest BCUT2D eigenvalue weighted by molar-refractivity contribution is 5.69. The lowest BCUT2D eigenvalue weighted by Gasteiger charge is -2.23. The maximum absolute atomic E-state index is 11.8. The molecule has 19 heavy (non-hydrogen) atoms. The largest absolute Gasteiger partial charge is 0.444 e. The molecule has 0 unspecified atom stereocenters. The number of carbonyl (C=O) groups is 1. The highest BCUT2D eigenvalue weighted by atomic mass is 16.6. The van der Waals surface area contributed by atoms with Crippen LogP contribution in [0.5, 0.6) is 0 Å². The number of alkyl carbamates (subject to hydrolysis) is 1. The molecule has 0 fully saturated rings. The highest BCUT2D eigenvalue weighted by Gasteiger charge is 2.32. The maximum atomic E-state index is 11.8. The Kier molecular flexibility index (Phi) is 3.53. The van der Waals surface area contributed by atoms with Crippen molar-refractivity contribution in [2.24, 2.45) is 0 Å². The van der Waals surface area contributed by atoms with E-state index in [1.54, 1.807) is 0 Å². The van der Waals surface area contributed by atoms with Gasteiger partial charge < -0.3 is 10.1 Å². The average Bonchev–Trinajstić information content (AvgIpc) is 2.63. The summed E-state index contributed by atoms with van der Waals surface area (Å²) in [6, 6.07) is 7.95. The zero-order chi connectivity index (χ0) is 14.0. The minimum Gasteiger partial charge on any atom is -0.444 e. The minimum absolute atomic E-state index is 0.0799. The summed E-state index contributed by atoms with van der Waals surface area (Å²) < 4.78 is 5.27. The molecule has 1 aliphatic rings. The first kappa shape index (κ1) is 13.5. The van der Waals surface area contributed by atoms with Gasteiger partial charge in [0.1, 0.15) is 5.60 Å². The molecular weight excluding hydrogens is 238 g/mol. The van der Waals surface area contributed by atoms with Crippen molar-refractivity contribution < 1.29 is 9.53 Å². The molecule has 3 heteroatoms. The molecular formula is C16H19NO2. The number of amides is 1. The second kappa shape index (κ2) is 4.97. The molecule has 1 amide bonds. The quantitative estimate of drug-likeness (QED) is 0.786. The van der Waals surface area contributed by atoms with Gasteiger partial charge in [0.15, 0.2) is 0 Å². The monoisotopic (exact) mass is 257 g/mol. The van der Waals surface area contributed by atoms with Crippen LogP contribution in [0.2, 0.25) is 0 Å². The highest BCUT2D eigenvalue weighted by Crippen LogP contribution is 2.32. The Morgan fingerprint density at radius 1 is 1.42 bits per heavy atom. The van der Waals surface area contributed by atoms with Crippen molar-refractivity contribution in [2.75, 3.05) is 0 Å². The Balaban J connectivity index is 2.08. The van der Waals surface area contributed by atoms with Crippen LogP contribution in [0.15, 0.2) is 24.3 Å². The molecule has 1 N–H and O–H groups in total. The smallest absolute Gasteiger partial charge is 0.407 e. The van der Waals surface area contributed by atoms with E-state index in [-0.39, 0.29) is 12.0 Å². The lowest BCUT2D eigenvalue weighted by atomic mass is 10.00. The summed E-state index contributed by atoms with van der Waals surface area (Å²) in [4.78, 5) is 11.8. The van der Waals surface area contributed by atoms with Crippen molar-refractivity contribution in [3.05, 3.63) is 35.4 Å². The molecule has 0 radical (unpaired) electrons. The summed E-state index contributed by atoms with van der Waals surface area (Å²) in [5.74, 6) is 2.69. The number of fused-ring (bicyclic) bond motifs is 1. The van der Waals surface area contributed by atoms with Crippen LogP contribution < -0.4 is 5.32 Å². The molecule has 0 spiro atoms. The van der Waals surface area contributed by atoms with Crippen molar-refractivity contribution in [2.45, 2.75) is 44.8 Å². The van der Waals surface area contributed by atoms with Crippen molar-refractivity contribution in [1.29, 1.82) is 0 Å². The number of hydrogen-bond acceptors (Lipinski definition) is 2. The lowest BCUT2D eigenvalue weighted by Crippen LogP contribution is -2.41. The van der Waals surface area contributed by atoms with E-state index in [0.29, 0.717) is 0 Å². The molecule has 0 saturated heterocycles. The molecule has 1 aliphatic carbocycles. The zero-order valence-corrected chi connectivity index (χ0v) is 11.6. The van der Waals surface area contributed by atoms with Crippen LogP contribution in [0.1, 0.15) is 37.8 Å². The van der Waals surface area contributed by atoms with Crippen LogP contribution in [0.3, 0.4) is 0 Å². The van der Waals surface area contributed by atoms with Gasteiger partial charge in [0.2, 0.25) is 0 Å². The zero-order valence-electron chi connectivity index (χ0n) is 11.6. The molecule has 1 aromatic rings. The molecule has 0 heterocycles. The van der Waals surface area contributed by atoms with E-state index in [2.05, 4.69) is 17.3 Å². The Morgan fingerprint density at radius 3 is 2.74 bits per heavy atom. The molecule has 0 bridgehead atoms. The fourth-order valence-corrected chi connectivity index (χ4v) is 2.39. The lowest BCUT2D eigenvalue weighted by molar-refractivity contribution is 0.0503. The second-order valence-electron chi connectivity index (χ2n) is 5.80. The molecule has 2 rings (SSSR count). The molecule has 0 aromatic heterocycles. The Labute approximate surface area is 114 Å². The molecule has 100 valence electrons. The van der Waals surface area contributed by atoms with Gasteiger partial charge in [-0.25, -0.2) is 4.79 Å². The fourth-order valence-electron chi connectivity index (χ4n) is 2.39. The van der Waals surface area contributed by atoms with Gasteiger partial charge in [0, 0.05) is 0 Å². The van der Waals surface area contributed by atoms with E-state index in [1.165, 1.54) is 5.56 Å². The summed E-state index contributed by atoms with van der Waals surface area (Å²) in [5.41, 5.74) is 1.83. The Hall–Kier alpha value is -1.95. The van der Waals surface area contributed by atoms with Gasteiger partial charge in [0.25, 0.3) is 0 Å². The van der Waals surface area contributed by atoms with Gasteiger partial charge in [-0.1, -0.05) is 30.2 Å². The van der Waals surface area contributed by atoms with Gasteiger partial charge >= 0.3 is 6.09 Å². The van der Waals surface area contributed by atoms with Crippen LogP contribution >= 0.6 is 0 Å². The molecule has 0 aliphatic heterocycles. The predicted molar refractivity (Wildman–Crippen MR) is 74.9 cm³/mol. The summed E-state index contributed by atoms with van der Waals surface area (Å²) in [7, 11) is 0. The Morgan fingerprint density at radius 2 is 2.11 bits per heavy atom. The first-order valence-corrected chi connectivity index (χ1v) is 6.44. The van der Waals surface area contributed by atoms with Crippen molar-refractivity contribution in [3.63, 3.8) is 0 Å². The van der Waals surface area contributed by atoms with Crippen molar-refractivity contribution >= 4 is 6.09 Å². The van der Waals surface area contributed by atoms with Gasteiger partial charge in [0.05, 0.1) is 12.0 Å². The summed E-state index contributed by atoms with van der Waals surface area (Å²) in [5, 5.41) is 2.88. The van der Waals surface area contributed by atoms with Gasteiger partial charge in [-0.2, -0.15) is 0 Å². The topological polar surface area (TPSA) is 38.3 Å². The number of hydrogen-bond donors (Lipinski definition) is 1. The molecule has 2 atom stereocenters. The number of ether oxygens (including phenoxy) is 1. The summed E-state index contributed by atoms with van der Waals surface area (Å²) in [6.45, 7) is 5.53. The summed E-state index contributed by atoms with van der Waals surface area (Å²) >= 11 is 0. The third-order valence-corrected chi connectivity index (χ3v) is 3.11. The normalized spacial score (nSPS) is 21.4. The first-order valence-electron chi connectivity index (χ1n) is 6.44. The Bertz CT molecular complexity index is 522. The van der Waals surface area contributed by atoms with Crippen molar-refractivity contribution in [1.82, 2.24) is 5.32 Å². The van der Waals surface area contributed by atoms with E-state index in [0.717, 1.165) is 12.0 Å². The SMILES string of the molecule is C#C[C@H]1c2ccccc2C[C@@H]1NC(=O)OC(C)(C)C. The van der Waals surface area contributed by atoms with Crippen molar-refractivity contribution in [3.8, 4) is 12.3 Å². The number of carbonyl (C=O) groups excluding carboxylic acids is 1. The second-order valence-corrected chi connectivity index (χ2v) is 5.80. The standard InChI is InChI=1S/C16H19NO2/c1-5-12-13-9-7-6-8-11(13)10-14(12)17-15(18)19-16(2,3)4/h1,6-9,12,14H,10H2,2-4H3,(H,17,18)/t12-,14-/m0/s1. The van der Waals surface area contributed by atoms with E-state index in [9.17, 15) is 4.79 Å². The average molecular weight is 257 g/mol. The maximum Gasteiger partial charge on any atom is 0.407 e. The fraction of sp³-hybridized carbons (Fsp3) is 0.438. The van der Waals surface area contributed by atoms with Crippen LogP contribution in [0.25, 0.3) is 0 Å². The molecule has 0 saturated carbocycles. The predicted octanol–water partition coefficient (Wildman–Crippen LogP) is 2.85. The van der Waals surface area contributed by atoms with Crippen LogP contribution in [0.4, 0.5) is 4.79 Å². The third-order valence-electron chi connectivity index (χ3n) is 3.11. The molecule has 3 nitrogen and oxygen atoms in total. The number of benzene rings is 1. The first-order chi connectivity index (χ1) is 8.90. The van der Waals surface area contributed by atoms with Crippen LogP contribution in [-0.4, -0.2) is 17.7 Å². The van der Waals surface area contributed by atoms with E-state index in [4.69, 9.17) is 11.2 Å². The number of nitrogens with one attached hydrogen (secondary N) is 1. The van der Waals surface area contributed by atoms with Gasteiger partial charge in [-0.15, -0.1) is 6.42 Å². The number of terminal acetylenes is 1. The van der Waals surface area contributed by atoms with Gasteiger partial charge in [-0.05, 0) is 38.3 Å². The van der Waals surface area contributed by atoms with Crippen LogP contribution in [0, 0.1) is 12.3 Å². The van der Waals surface area contributed by atoms with Gasteiger partial charge in [-0.3, -0.25) is 0 Å². The molecule has 1 aromatic carbocycles. The van der Waals surface area contributed by atoms with E-state index < -0.39 is 11.7 Å². The number of rotatable bonds is 1. The van der Waals surface area contributed by atoms with E-state index in [1.807, 2.05) is 39.0 Å². The van der Waals surface area contributed by atoms with E-state index >= 15 is 0 Å². The third kappa shape index (κ3) is 3.08. The minimum atomic E-state index is -0.499. The summed E-state index contributed by atoms with van der Waals surface area (Å²) in [6.07, 6.45) is 5.94. The van der Waals surface area contributed by atoms with Crippen LogP contribution in [-0.2, 0) is 11.2 Å².